The van der Waals surface area contributed by atoms with E-state index in [9.17, 15) is 14.7 Å². The summed E-state index contributed by atoms with van der Waals surface area (Å²) in [6, 6.07) is 27.9. The molecule has 5 aromatic rings. The van der Waals surface area contributed by atoms with Crippen molar-refractivity contribution >= 4 is 28.5 Å². The van der Waals surface area contributed by atoms with Gasteiger partial charge in [-0.2, -0.15) is 0 Å². The molecule has 38 heavy (non-hydrogen) atoms. The summed E-state index contributed by atoms with van der Waals surface area (Å²) < 4.78 is 5.25. The second-order valence-corrected chi connectivity index (χ2v) is 9.85. The standard InChI is InChI=1S/C32H26ClNO4/c1-19(2)38-31(36)15-20-6-5-7-23(14-20)27-17-24-16-26(28(33)18-29(24)34-32(27)37)22-12-10-21(11-13-22)25-8-3-4-9-30(25)35/h3-14,16-19,35H,15H2,1-2H3,(H,34,37). The lowest BCUT2D eigenvalue weighted by atomic mass is 9.97. The van der Waals surface area contributed by atoms with Gasteiger partial charge in [0.15, 0.2) is 0 Å². The Kier molecular flexibility index (Phi) is 7.03. The summed E-state index contributed by atoms with van der Waals surface area (Å²) >= 11 is 6.63. The number of phenolic OH excluding ortho intramolecular Hbond substituents is 1. The van der Waals surface area contributed by atoms with Gasteiger partial charge in [0.25, 0.3) is 5.56 Å². The van der Waals surface area contributed by atoms with Gasteiger partial charge in [0.05, 0.1) is 17.5 Å². The first-order chi connectivity index (χ1) is 18.3. The minimum atomic E-state index is -0.308. The fourth-order valence-corrected chi connectivity index (χ4v) is 4.80. The molecule has 6 heteroatoms. The number of esters is 1. The van der Waals surface area contributed by atoms with Crippen molar-refractivity contribution in [2.45, 2.75) is 26.4 Å². The molecule has 4 aromatic carbocycles. The number of hydrogen-bond donors (Lipinski definition) is 2. The Hall–Kier alpha value is -4.35. The number of rotatable bonds is 6. The van der Waals surface area contributed by atoms with E-state index in [4.69, 9.17) is 16.3 Å². The molecule has 2 N–H and O–H groups in total. The first-order valence-corrected chi connectivity index (χ1v) is 12.7. The number of nitrogens with one attached hydrogen (secondary N) is 1. The molecular weight excluding hydrogens is 498 g/mol. The van der Waals surface area contributed by atoms with Crippen molar-refractivity contribution in [3.8, 4) is 39.1 Å². The van der Waals surface area contributed by atoms with Crippen LogP contribution in [-0.2, 0) is 16.0 Å². The molecule has 1 aromatic heterocycles. The minimum absolute atomic E-state index is 0.133. The van der Waals surface area contributed by atoms with Gasteiger partial charge in [0.2, 0.25) is 0 Å². The van der Waals surface area contributed by atoms with Crippen LogP contribution < -0.4 is 5.56 Å². The molecule has 0 amide bonds. The normalized spacial score (nSPS) is 11.2. The lowest BCUT2D eigenvalue weighted by Gasteiger charge is -2.11. The fourth-order valence-electron chi connectivity index (χ4n) is 4.53. The van der Waals surface area contributed by atoms with Crippen molar-refractivity contribution in [3.63, 3.8) is 0 Å². The number of halogens is 1. The summed E-state index contributed by atoms with van der Waals surface area (Å²) in [4.78, 5) is 28.0. The maximum absolute atomic E-state index is 13.0. The molecule has 5 rings (SSSR count). The minimum Gasteiger partial charge on any atom is -0.507 e. The third-order valence-corrected chi connectivity index (χ3v) is 6.61. The van der Waals surface area contributed by atoms with Crippen LogP contribution in [0.1, 0.15) is 19.4 Å². The molecule has 0 aliphatic rings. The zero-order valence-electron chi connectivity index (χ0n) is 21.0. The van der Waals surface area contributed by atoms with Crippen LogP contribution in [0.2, 0.25) is 5.02 Å². The second kappa shape index (κ2) is 10.6. The van der Waals surface area contributed by atoms with E-state index in [0.717, 1.165) is 33.2 Å². The number of pyridine rings is 1. The highest BCUT2D eigenvalue weighted by Crippen LogP contribution is 2.35. The first kappa shape index (κ1) is 25.3. The van der Waals surface area contributed by atoms with Crippen LogP contribution in [0.5, 0.6) is 5.75 Å². The number of aromatic amines is 1. The van der Waals surface area contributed by atoms with E-state index in [-0.39, 0.29) is 29.8 Å². The summed E-state index contributed by atoms with van der Waals surface area (Å²) in [5.74, 6) is -0.0845. The molecule has 0 spiro atoms. The number of benzene rings is 4. The molecule has 1 heterocycles. The molecule has 0 fully saturated rings. The molecule has 0 atom stereocenters. The Morgan fingerprint density at radius 3 is 2.24 bits per heavy atom. The lowest BCUT2D eigenvalue weighted by Crippen LogP contribution is -2.14. The van der Waals surface area contributed by atoms with E-state index in [1.165, 1.54) is 0 Å². The number of fused-ring (bicyclic) bond motifs is 1. The maximum atomic E-state index is 13.0. The van der Waals surface area contributed by atoms with Gasteiger partial charge in [-0.3, -0.25) is 9.59 Å². The third-order valence-electron chi connectivity index (χ3n) is 6.30. The van der Waals surface area contributed by atoms with Crippen molar-refractivity contribution in [1.82, 2.24) is 4.98 Å². The van der Waals surface area contributed by atoms with Crippen LogP contribution in [0.4, 0.5) is 0 Å². The number of carbonyl (C=O) groups excluding carboxylic acids is 1. The number of aromatic hydroxyl groups is 1. The van der Waals surface area contributed by atoms with Crippen LogP contribution in [-0.4, -0.2) is 22.2 Å². The molecule has 0 bridgehead atoms. The Morgan fingerprint density at radius 2 is 1.53 bits per heavy atom. The van der Waals surface area contributed by atoms with Crippen LogP contribution >= 0.6 is 11.6 Å². The average molecular weight is 524 g/mol. The third kappa shape index (κ3) is 5.34. The number of para-hydroxylation sites is 1. The molecule has 0 aliphatic carbocycles. The Bertz CT molecular complexity index is 1700. The highest BCUT2D eigenvalue weighted by Gasteiger charge is 2.13. The summed E-state index contributed by atoms with van der Waals surface area (Å²) in [6.45, 7) is 3.62. The first-order valence-electron chi connectivity index (χ1n) is 12.3. The molecule has 0 aliphatic heterocycles. The number of hydrogen-bond acceptors (Lipinski definition) is 4. The van der Waals surface area contributed by atoms with E-state index in [1.807, 2.05) is 86.6 Å². The fraction of sp³-hybridized carbons (Fsp3) is 0.125. The van der Waals surface area contributed by atoms with Crippen LogP contribution in [0, 0.1) is 0 Å². The zero-order chi connectivity index (χ0) is 26.8. The monoisotopic (exact) mass is 523 g/mol. The van der Waals surface area contributed by atoms with Crippen molar-refractivity contribution in [2.75, 3.05) is 0 Å². The Balaban J connectivity index is 1.50. The molecule has 0 radical (unpaired) electrons. The molecule has 0 saturated heterocycles. The maximum Gasteiger partial charge on any atom is 0.310 e. The van der Waals surface area contributed by atoms with Crippen LogP contribution in [0.3, 0.4) is 0 Å². The van der Waals surface area contributed by atoms with E-state index < -0.39 is 0 Å². The van der Waals surface area contributed by atoms with E-state index in [2.05, 4.69) is 4.98 Å². The molecule has 5 nitrogen and oxygen atoms in total. The zero-order valence-corrected chi connectivity index (χ0v) is 21.8. The largest absolute Gasteiger partial charge is 0.507 e. The van der Waals surface area contributed by atoms with Crippen LogP contribution in [0.15, 0.2) is 95.8 Å². The van der Waals surface area contributed by atoms with E-state index >= 15 is 0 Å². The number of H-pyrrole nitrogens is 1. The van der Waals surface area contributed by atoms with Gasteiger partial charge >= 0.3 is 5.97 Å². The van der Waals surface area contributed by atoms with Gasteiger partial charge in [-0.05, 0) is 65.8 Å². The molecule has 0 unspecified atom stereocenters. The summed E-state index contributed by atoms with van der Waals surface area (Å²) in [6.07, 6.45) is -0.0506. The van der Waals surface area contributed by atoms with Gasteiger partial charge in [-0.25, -0.2) is 0 Å². The summed E-state index contributed by atoms with van der Waals surface area (Å²) in [5.41, 5.74) is 5.77. The smallest absolute Gasteiger partial charge is 0.310 e. The van der Waals surface area contributed by atoms with E-state index in [1.54, 1.807) is 18.2 Å². The van der Waals surface area contributed by atoms with Crippen molar-refractivity contribution in [3.05, 3.63) is 112 Å². The predicted octanol–water partition coefficient (Wildman–Crippen LogP) is 7.38. The number of phenols is 1. The van der Waals surface area contributed by atoms with Gasteiger partial charge in [-0.1, -0.05) is 78.3 Å². The van der Waals surface area contributed by atoms with Crippen molar-refractivity contribution in [2.24, 2.45) is 0 Å². The van der Waals surface area contributed by atoms with Gasteiger partial charge in [0, 0.05) is 22.2 Å². The molecule has 0 saturated carbocycles. The van der Waals surface area contributed by atoms with Crippen LogP contribution in [0.25, 0.3) is 44.3 Å². The number of carbonyl (C=O) groups is 1. The second-order valence-electron chi connectivity index (χ2n) is 9.44. The predicted molar refractivity (Wildman–Crippen MR) is 152 cm³/mol. The summed E-state index contributed by atoms with van der Waals surface area (Å²) in [5, 5.41) is 11.5. The van der Waals surface area contributed by atoms with E-state index in [0.29, 0.717) is 21.7 Å². The van der Waals surface area contributed by atoms with Gasteiger partial charge in [0.1, 0.15) is 5.75 Å². The summed E-state index contributed by atoms with van der Waals surface area (Å²) in [7, 11) is 0. The lowest BCUT2D eigenvalue weighted by molar-refractivity contribution is -0.146. The topological polar surface area (TPSA) is 79.4 Å². The van der Waals surface area contributed by atoms with Crippen molar-refractivity contribution in [1.29, 1.82) is 0 Å². The van der Waals surface area contributed by atoms with Crippen molar-refractivity contribution < 1.29 is 14.6 Å². The number of aromatic nitrogens is 1. The SMILES string of the molecule is CC(C)OC(=O)Cc1cccc(-c2cc3cc(-c4ccc(-c5ccccc5O)cc4)c(Cl)cc3[nH]c2=O)c1. The van der Waals surface area contributed by atoms with Gasteiger partial charge in [-0.15, -0.1) is 0 Å². The number of ether oxygens (including phenoxy) is 1. The highest BCUT2D eigenvalue weighted by atomic mass is 35.5. The molecule has 190 valence electrons. The average Bonchev–Trinajstić information content (AvgIpc) is 2.88. The van der Waals surface area contributed by atoms with Gasteiger partial charge < -0.3 is 14.8 Å². The molecular formula is C32H26ClNO4. The Morgan fingerprint density at radius 1 is 0.842 bits per heavy atom. The quantitative estimate of drug-likeness (QED) is 0.227. The Labute approximate surface area is 225 Å². The highest BCUT2D eigenvalue weighted by molar-refractivity contribution is 6.34.